The fourth-order valence-corrected chi connectivity index (χ4v) is 2.44. The van der Waals surface area contributed by atoms with Crippen LogP contribution in [0, 0.1) is 5.82 Å². The molecular formula is C17H20FN. The summed E-state index contributed by atoms with van der Waals surface area (Å²) in [5, 5.41) is 3.39. The first-order chi connectivity index (χ1) is 9.27. The Morgan fingerprint density at radius 1 is 0.947 bits per heavy atom. The third-order valence-corrected chi connectivity index (χ3v) is 3.37. The van der Waals surface area contributed by atoms with Crippen molar-refractivity contribution in [3.63, 3.8) is 0 Å². The summed E-state index contributed by atoms with van der Waals surface area (Å²) in [6, 6.07) is 15.2. The Labute approximate surface area is 114 Å². The molecule has 0 saturated heterocycles. The largest absolute Gasteiger partial charge is 0.306 e. The van der Waals surface area contributed by atoms with Crippen LogP contribution in [-0.4, -0.2) is 6.54 Å². The van der Waals surface area contributed by atoms with Crippen LogP contribution in [0.5, 0.6) is 0 Å². The highest BCUT2D eigenvalue weighted by Crippen LogP contribution is 2.27. The molecule has 0 spiro atoms. The van der Waals surface area contributed by atoms with E-state index < -0.39 is 0 Å². The van der Waals surface area contributed by atoms with Crippen molar-refractivity contribution in [3.05, 3.63) is 71.0 Å². The normalized spacial score (nSPS) is 12.4. The third kappa shape index (κ3) is 3.02. The first-order valence-electron chi connectivity index (χ1n) is 6.83. The van der Waals surface area contributed by atoms with E-state index in [1.165, 1.54) is 11.6 Å². The zero-order valence-corrected chi connectivity index (χ0v) is 11.5. The van der Waals surface area contributed by atoms with Crippen molar-refractivity contribution in [1.82, 2.24) is 5.32 Å². The minimum absolute atomic E-state index is 0.0812. The number of halogens is 1. The lowest BCUT2D eigenvalue weighted by molar-refractivity contribution is 0.557. The molecule has 0 aliphatic rings. The van der Waals surface area contributed by atoms with E-state index in [1.54, 1.807) is 6.07 Å². The minimum atomic E-state index is -0.153. The molecule has 19 heavy (non-hydrogen) atoms. The summed E-state index contributed by atoms with van der Waals surface area (Å²) in [7, 11) is 0. The fourth-order valence-electron chi connectivity index (χ4n) is 2.44. The summed E-state index contributed by atoms with van der Waals surface area (Å²) in [5.41, 5.74) is 3.14. The molecule has 0 amide bonds. The maximum Gasteiger partial charge on any atom is 0.128 e. The smallest absolute Gasteiger partial charge is 0.128 e. The molecule has 0 radical (unpaired) electrons. The Kier molecular flexibility index (Phi) is 4.69. The van der Waals surface area contributed by atoms with E-state index in [0.717, 1.165) is 18.5 Å². The molecule has 2 heteroatoms. The average molecular weight is 257 g/mol. The summed E-state index contributed by atoms with van der Waals surface area (Å²) < 4.78 is 14.0. The SMILES string of the molecule is CCNC(c1ccccc1F)c1ccccc1CC. The van der Waals surface area contributed by atoms with E-state index in [9.17, 15) is 4.39 Å². The van der Waals surface area contributed by atoms with Crippen molar-refractivity contribution in [2.75, 3.05) is 6.54 Å². The molecule has 100 valence electrons. The lowest BCUT2D eigenvalue weighted by atomic mass is 9.93. The van der Waals surface area contributed by atoms with E-state index in [2.05, 4.69) is 24.4 Å². The Hall–Kier alpha value is -1.67. The molecule has 0 aliphatic heterocycles. The van der Waals surface area contributed by atoms with Gasteiger partial charge in [-0.15, -0.1) is 0 Å². The second-order valence-corrected chi connectivity index (χ2v) is 4.56. The molecule has 2 aromatic rings. The Morgan fingerprint density at radius 3 is 2.21 bits per heavy atom. The van der Waals surface area contributed by atoms with Crippen LogP contribution in [0.3, 0.4) is 0 Å². The highest BCUT2D eigenvalue weighted by Gasteiger charge is 2.18. The number of hydrogen-bond donors (Lipinski definition) is 1. The Bertz CT molecular complexity index is 536. The van der Waals surface area contributed by atoms with Crippen molar-refractivity contribution >= 4 is 0 Å². The standard InChI is InChI=1S/C17H20FN/c1-3-13-9-5-6-10-14(13)17(19-4-2)15-11-7-8-12-16(15)18/h5-12,17,19H,3-4H2,1-2H3. The van der Waals surface area contributed by atoms with Gasteiger partial charge in [-0.2, -0.15) is 0 Å². The predicted octanol–water partition coefficient (Wildman–Crippen LogP) is 4.09. The summed E-state index contributed by atoms with van der Waals surface area (Å²) >= 11 is 0. The topological polar surface area (TPSA) is 12.0 Å². The van der Waals surface area contributed by atoms with Gasteiger partial charge in [0, 0.05) is 5.56 Å². The molecule has 0 saturated carbocycles. The van der Waals surface area contributed by atoms with Crippen molar-refractivity contribution in [3.8, 4) is 0 Å². The van der Waals surface area contributed by atoms with Gasteiger partial charge < -0.3 is 5.32 Å². The summed E-state index contributed by atoms with van der Waals surface area (Å²) in [6.45, 7) is 4.97. The van der Waals surface area contributed by atoms with Gasteiger partial charge in [-0.3, -0.25) is 0 Å². The molecule has 1 unspecified atom stereocenters. The zero-order chi connectivity index (χ0) is 13.7. The number of rotatable bonds is 5. The minimum Gasteiger partial charge on any atom is -0.306 e. The van der Waals surface area contributed by atoms with Gasteiger partial charge >= 0.3 is 0 Å². The summed E-state index contributed by atoms with van der Waals surface area (Å²) in [5.74, 6) is -0.153. The van der Waals surface area contributed by atoms with Gasteiger partial charge in [-0.05, 0) is 30.2 Å². The first-order valence-corrected chi connectivity index (χ1v) is 6.83. The molecule has 2 aromatic carbocycles. The molecule has 0 aliphatic carbocycles. The predicted molar refractivity (Wildman–Crippen MR) is 77.7 cm³/mol. The van der Waals surface area contributed by atoms with Crippen LogP contribution in [-0.2, 0) is 6.42 Å². The lowest BCUT2D eigenvalue weighted by Gasteiger charge is -2.22. The quantitative estimate of drug-likeness (QED) is 0.850. The van der Waals surface area contributed by atoms with Crippen molar-refractivity contribution < 1.29 is 4.39 Å². The maximum atomic E-state index is 14.0. The monoisotopic (exact) mass is 257 g/mol. The number of benzene rings is 2. The van der Waals surface area contributed by atoms with Crippen molar-refractivity contribution in [2.45, 2.75) is 26.3 Å². The number of aryl methyl sites for hydroxylation is 1. The molecule has 0 aromatic heterocycles. The zero-order valence-electron chi connectivity index (χ0n) is 11.5. The maximum absolute atomic E-state index is 14.0. The lowest BCUT2D eigenvalue weighted by Crippen LogP contribution is -2.24. The van der Waals surface area contributed by atoms with Crippen molar-refractivity contribution in [1.29, 1.82) is 0 Å². The second kappa shape index (κ2) is 6.48. The number of nitrogens with one attached hydrogen (secondary N) is 1. The van der Waals surface area contributed by atoms with Crippen LogP contribution in [0.15, 0.2) is 48.5 Å². The van der Waals surface area contributed by atoms with Gasteiger partial charge in [0.25, 0.3) is 0 Å². The van der Waals surface area contributed by atoms with E-state index in [-0.39, 0.29) is 11.9 Å². The molecule has 0 fully saturated rings. The summed E-state index contributed by atoms with van der Waals surface area (Å²) in [6.07, 6.45) is 0.951. The average Bonchev–Trinajstić information content (AvgIpc) is 2.46. The Morgan fingerprint density at radius 2 is 1.58 bits per heavy atom. The van der Waals surface area contributed by atoms with Crippen LogP contribution in [0.2, 0.25) is 0 Å². The molecule has 0 heterocycles. The van der Waals surface area contributed by atoms with E-state index in [0.29, 0.717) is 5.56 Å². The van der Waals surface area contributed by atoms with E-state index >= 15 is 0 Å². The molecule has 0 bridgehead atoms. The third-order valence-electron chi connectivity index (χ3n) is 3.37. The van der Waals surface area contributed by atoms with Crippen LogP contribution < -0.4 is 5.32 Å². The van der Waals surface area contributed by atoms with Gasteiger partial charge in [-0.1, -0.05) is 56.3 Å². The van der Waals surface area contributed by atoms with Crippen LogP contribution in [0.1, 0.15) is 36.6 Å². The molecular weight excluding hydrogens is 237 g/mol. The van der Waals surface area contributed by atoms with E-state index in [1.807, 2.05) is 31.2 Å². The molecule has 1 N–H and O–H groups in total. The van der Waals surface area contributed by atoms with Crippen molar-refractivity contribution in [2.24, 2.45) is 0 Å². The van der Waals surface area contributed by atoms with Gasteiger partial charge in [-0.25, -0.2) is 4.39 Å². The van der Waals surface area contributed by atoms with Crippen LogP contribution in [0.4, 0.5) is 4.39 Å². The molecule has 1 atom stereocenters. The molecule has 2 rings (SSSR count). The fraction of sp³-hybridized carbons (Fsp3) is 0.294. The van der Waals surface area contributed by atoms with Gasteiger partial charge in [0.2, 0.25) is 0 Å². The first kappa shape index (κ1) is 13.8. The summed E-state index contributed by atoms with van der Waals surface area (Å²) in [4.78, 5) is 0. The van der Waals surface area contributed by atoms with E-state index in [4.69, 9.17) is 0 Å². The van der Waals surface area contributed by atoms with Gasteiger partial charge in [0.05, 0.1) is 6.04 Å². The van der Waals surface area contributed by atoms with Crippen LogP contribution in [0.25, 0.3) is 0 Å². The number of hydrogen-bond acceptors (Lipinski definition) is 1. The highest BCUT2D eigenvalue weighted by atomic mass is 19.1. The highest BCUT2D eigenvalue weighted by molar-refractivity contribution is 5.38. The molecule has 1 nitrogen and oxygen atoms in total. The second-order valence-electron chi connectivity index (χ2n) is 4.56. The Balaban J connectivity index is 2.49. The van der Waals surface area contributed by atoms with Gasteiger partial charge in [0.1, 0.15) is 5.82 Å². The van der Waals surface area contributed by atoms with Gasteiger partial charge in [0.15, 0.2) is 0 Å². The van der Waals surface area contributed by atoms with Crippen LogP contribution >= 0.6 is 0 Å².